The van der Waals surface area contributed by atoms with Gasteiger partial charge in [0.05, 0.1) is 22.5 Å². The van der Waals surface area contributed by atoms with E-state index in [-0.39, 0.29) is 11.6 Å². The lowest BCUT2D eigenvalue weighted by atomic mass is 10.1. The fourth-order valence-electron chi connectivity index (χ4n) is 4.37. The van der Waals surface area contributed by atoms with Crippen molar-refractivity contribution >= 4 is 33.8 Å². The molecule has 1 unspecified atom stereocenters. The number of aromatic nitrogens is 4. The highest BCUT2D eigenvalue weighted by molar-refractivity contribution is 6.13. The molecule has 1 aliphatic heterocycles. The largest absolute Gasteiger partial charge is 0.368 e. The molecule has 1 amide bonds. The van der Waals surface area contributed by atoms with Crippen molar-refractivity contribution in [2.24, 2.45) is 0 Å². The van der Waals surface area contributed by atoms with Gasteiger partial charge < -0.3 is 19.5 Å². The number of aryl methyl sites for hydroxylation is 2. The summed E-state index contributed by atoms with van der Waals surface area (Å²) in [4.78, 5) is 31.0. The van der Waals surface area contributed by atoms with Crippen LogP contribution in [-0.4, -0.2) is 62.9 Å². The van der Waals surface area contributed by atoms with Crippen molar-refractivity contribution in [1.29, 1.82) is 0 Å². The number of hydrogen-bond acceptors (Lipinski definition) is 6. The van der Waals surface area contributed by atoms with E-state index in [0.29, 0.717) is 34.3 Å². The van der Waals surface area contributed by atoms with Crippen molar-refractivity contribution in [3.8, 4) is 0 Å². The van der Waals surface area contributed by atoms with Crippen molar-refractivity contribution < 1.29 is 9.18 Å². The van der Waals surface area contributed by atoms with Gasteiger partial charge in [-0.1, -0.05) is 0 Å². The molecule has 1 aliphatic rings. The Labute approximate surface area is 191 Å². The lowest BCUT2D eigenvalue weighted by Crippen LogP contribution is -2.50. The first kappa shape index (κ1) is 21.3. The predicted octanol–water partition coefficient (Wildman–Crippen LogP) is 3.43. The second-order valence-corrected chi connectivity index (χ2v) is 8.73. The van der Waals surface area contributed by atoms with E-state index < -0.39 is 5.82 Å². The Bertz CT molecular complexity index is 1380. The smallest absolute Gasteiger partial charge is 0.257 e. The number of amides is 1. The summed E-state index contributed by atoms with van der Waals surface area (Å²) in [5, 5.41) is 3.65. The van der Waals surface area contributed by atoms with E-state index >= 15 is 0 Å². The van der Waals surface area contributed by atoms with Gasteiger partial charge in [-0.3, -0.25) is 4.79 Å². The molecule has 33 heavy (non-hydrogen) atoms. The molecule has 0 bridgehead atoms. The van der Waals surface area contributed by atoms with E-state index in [1.54, 1.807) is 42.9 Å². The SMILES string of the molecule is Cc1cn2cc(NC(=O)c3ccc(N4CCN(C)C(C)C4)c4cnc(C)nc34)cc(F)c2n1. The zero-order chi connectivity index (χ0) is 23.3. The Kier molecular flexibility index (Phi) is 5.20. The van der Waals surface area contributed by atoms with Crippen LogP contribution in [0.1, 0.15) is 28.8 Å². The monoisotopic (exact) mass is 447 g/mol. The van der Waals surface area contributed by atoms with Crippen LogP contribution in [0.5, 0.6) is 0 Å². The van der Waals surface area contributed by atoms with Crippen LogP contribution in [0.15, 0.2) is 36.8 Å². The van der Waals surface area contributed by atoms with Crippen molar-refractivity contribution in [2.75, 3.05) is 36.9 Å². The molecule has 5 rings (SSSR count). The van der Waals surface area contributed by atoms with Crippen molar-refractivity contribution in [1.82, 2.24) is 24.3 Å². The molecule has 4 heterocycles. The first-order valence-corrected chi connectivity index (χ1v) is 11.0. The van der Waals surface area contributed by atoms with Gasteiger partial charge in [0.15, 0.2) is 11.5 Å². The molecule has 4 aromatic rings. The summed E-state index contributed by atoms with van der Waals surface area (Å²) in [5.74, 6) is -0.266. The molecule has 0 aliphatic carbocycles. The van der Waals surface area contributed by atoms with Gasteiger partial charge >= 0.3 is 0 Å². The number of fused-ring (bicyclic) bond motifs is 2. The summed E-state index contributed by atoms with van der Waals surface area (Å²) >= 11 is 0. The number of nitrogens with one attached hydrogen (secondary N) is 1. The number of rotatable bonds is 3. The zero-order valence-electron chi connectivity index (χ0n) is 19.1. The number of nitrogens with zero attached hydrogens (tertiary/aromatic N) is 6. The van der Waals surface area contributed by atoms with Crippen molar-refractivity contribution in [2.45, 2.75) is 26.8 Å². The molecule has 1 fully saturated rings. The van der Waals surface area contributed by atoms with Crippen LogP contribution in [0.3, 0.4) is 0 Å². The Morgan fingerprint density at radius 3 is 2.79 bits per heavy atom. The van der Waals surface area contributed by atoms with Crippen LogP contribution < -0.4 is 10.2 Å². The molecule has 3 aromatic heterocycles. The maximum Gasteiger partial charge on any atom is 0.257 e. The number of anilines is 2. The Morgan fingerprint density at radius 2 is 2.00 bits per heavy atom. The topological polar surface area (TPSA) is 78.7 Å². The van der Waals surface area contributed by atoms with Crippen LogP contribution in [0.25, 0.3) is 16.6 Å². The quantitative estimate of drug-likeness (QED) is 0.519. The molecule has 0 spiro atoms. The van der Waals surface area contributed by atoms with Crippen LogP contribution in [0, 0.1) is 19.7 Å². The first-order valence-electron chi connectivity index (χ1n) is 11.0. The van der Waals surface area contributed by atoms with Crippen LogP contribution in [0.4, 0.5) is 15.8 Å². The zero-order valence-corrected chi connectivity index (χ0v) is 19.1. The standard InChI is InChI=1S/C24H26FN7O/c1-14-11-32-13-17(9-20(25)23(32)27-14)29-24(33)18-5-6-21(19-10-26-16(3)28-22(18)19)31-8-7-30(4)15(2)12-31/h5-6,9-11,13,15H,7-8,12H2,1-4H3,(H,29,33). The third kappa shape index (κ3) is 3.89. The Hall–Kier alpha value is -3.59. The molecule has 1 N–H and O–H groups in total. The highest BCUT2D eigenvalue weighted by Gasteiger charge is 2.24. The van der Waals surface area contributed by atoms with Gasteiger partial charge in [-0.15, -0.1) is 0 Å². The van der Waals surface area contributed by atoms with Gasteiger partial charge in [-0.2, -0.15) is 0 Å². The molecule has 1 aromatic carbocycles. The third-order valence-corrected chi connectivity index (χ3v) is 6.28. The second kappa shape index (κ2) is 8.08. The Balaban J connectivity index is 1.52. The van der Waals surface area contributed by atoms with Gasteiger partial charge in [0.25, 0.3) is 5.91 Å². The molecule has 9 heteroatoms. The lowest BCUT2D eigenvalue weighted by molar-refractivity contribution is 0.102. The molecule has 0 radical (unpaired) electrons. The van der Waals surface area contributed by atoms with E-state index in [2.05, 4.69) is 44.0 Å². The van der Waals surface area contributed by atoms with E-state index in [1.807, 2.05) is 6.07 Å². The van der Waals surface area contributed by atoms with E-state index in [0.717, 1.165) is 30.7 Å². The van der Waals surface area contributed by atoms with Crippen molar-refractivity contribution in [3.05, 3.63) is 59.7 Å². The number of piperazine rings is 1. The summed E-state index contributed by atoms with van der Waals surface area (Å²) in [6.07, 6.45) is 5.15. The molecular weight excluding hydrogens is 421 g/mol. The van der Waals surface area contributed by atoms with Crippen LogP contribution in [-0.2, 0) is 0 Å². The minimum absolute atomic E-state index is 0.227. The molecule has 1 atom stereocenters. The first-order chi connectivity index (χ1) is 15.8. The predicted molar refractivity (Wildman–Crippen MR) is 126 cm³/mol. The minimum Gasteiger partial charge on any atom is -0.368 e. The number of carbonyl (C=O) groups is 1. The summed E-state index contributed by atoms with van der Waals surface area (Å²) in [6, 6.07) is 5.44. The lowest BCUT2D eigenvalue weighted by Gasteiger charge is -2.39. The highest BCUT2D eigenvalue weighted by Crippen LogP contribution is 2.30. The molecule has 8 nitrogen and oxygen atoms in total. The summed E-state index contributed by atoms with van der Waals surface area (Å²) < 4.78 is 16.0. The number of halogens is 1. The number of hydrogen-bond donors (Lipinski definition) is 1. The molecule has 0 saturated carbocycles. The number of imidazole rings is 1. The number of pyridine rings is 1. The van der Waals surface area contributed by atoms with Crippen LogP contribution >= 0.6 is 0 Å². The molecule has 170 valence electrons. The molecular formula is C24H26FN7O. The fourth-order valence-corrected chi connectivity index (χ4v) is 4.37. The van der Waals surface area contributed by atoms with Crippen LogP contribution in [0.2, 0.25) is 0 Å². The fraction of sp³-hybridized carbons (Fsp3) is 0.333. The van der Waals surface area contributed by atoms with Gasteiger partial charge in [0.1, 0.15) is 5.82 Å². The van der Waals surface area contributed by atoms with Gasteiger partial charge in [0, 0.05) is 61.4 Å². The third-order valence-electron chi connectivity index (χ3n) is 6.28. The molecule has 1 saturated heterocycles. The normalized spacial score (nSPS) is 17.1. The van der Waals surface area contributed by atoms with Gasteiger partial charge in [-0.25, -0.2) is 19.3 Å². The summed E-state index contributed by atoms with van der Waals surface area (Å²) in [7, 11) is 2.13. The van der Waals surface area contributed by atoms with Gasteiger partial charge in [-0.05, 0) is 40.0 Å². The highest BCUT2D eigenvalue weighted by atomic mass is 19.1. The second-order valence-electron chi connectivity index (χ2n) is 8.73. The van der Waals surface area contributed by atoms with Gasteiger partial charge in [0.2, 0.25) is 0 Å². The average molecular weight is 448 g/mol. The summed E-state index contributed by atoms with van der Waals surface area (Å²) in [6.45, 7) is 8.53. The maximum absolute atomic E-state index is 14.5. The maximum atomic E-state index is 14.5. The number of likely N-dealkylation sites (N-methyl/N-ethyl adjacent to an activating group) is 1. The summed E-state index contributed by atoms with van der Waals surface area (Å²) in [5.41, 5.74) is 3.29. The Morgan fingerprint density at radius 1 is 1.18 bits per heavy atom. The van der Waals surface area contributed by atoms with Crippen molar-refractivity contribution in [3.63, 3.8) is 0 Å². The van der Waals surface area contributed by atoms with E-state index in [9.17, 15) is 9.18 Å². The number of carbonyl (C=O) groups excluding carboxylic acids is 1. The minimum atomic E-state index is -0.497. The number of benzene rings is 1. The average Bonchev–Trinajstić information content (AvgIpc) is 3.15. The van der Waals surface area contributed by atoms with E-state index in [4.69, 9.17) is 0 Å². The van der Waals surface area contributed by atoms with E-state index in [1.165, 1.54) is 6.07 Å².